The predicted octanol–water partition coefficient (Wildman–Crippen LogP) is 4.30. The third kappa shape index (κ3) is 6.34. The van der Waals surface area contributed by atoms with E-state index in [9.17, 15) is 4.79 Å². The van der Waals surface area contributed by atoms with Crippen molar-refractivity contribution in [2.24, 2.45) is 0 Å². The number of aryl methyl sites for hydroxylation is 1. The number of esters is 1. The van der Waals surface area contributed by atoms with Crippen LogP contribution in [0.4, 0.5) is 0 Å². The molecule has 0 heterocycles. The molecule has 0 amide bonds. The van der Waals surface area contributed by atoms with Crippen molar-refractivity contribution in [2.45, 2.75) is 46.1 Å². The fourth-order valence-corrected chi connectivity index (χ4v) is 2.38. The number of benzene rings is 1. The molecule has 5 heteroatoms. The van der Waals surface area contributed by atoms with Crippen molar-refractivity contribution in [2.75, 3.05) is 20.0 Å². The van der Waals surface area contributed by atoms with Gasteiger partial charge in [0.1, 0.15) is 6.79 Å². The van der Waals surface area contributed by atoms with Crippen molar-refractivity contribution in [1.82, 2.24) is 0 Å². The number of carbonyl (C=O) groups excluding carboxylic acids is 1. The Balaban J connectivity index is 2.81. The highest BCUT2D eigenvalue weighted by atomic mass is 35.5. The van der Waals surface area contributed by atoms with Crippen molar-refractivity contribution in [3.8, 4) is 0 Å². The lowest BCUT2D eigenvalue weighted by Crippen LogP contribution is -2.11. The highest BCUT2D eigenvalue weighted by Crippen LogP contribution is 2.28. The average molecular weight is 329 g/mol. The van der Waals surface area contributed by atoms with E-state index in [2.05, 4.69) is 0 Å². The molecular formula is C17H25ClO4. The average Bonchev–Trinajstić information content (AvgIpc) is 2.51. The van der Waals surface area contributed by atoms with Crippen LogP contribution in [0.3, 0.4) is 0 Å². The Bertz CT molecular complexity index is 462. The fourth-order valence-electron chi connectivity index (χ4n) is 2.20. The largest absolute Gasteiger partial charge is 0.466 e. The first-order valence-corrected chi connectivity index (χ1v) is 8.13. The smallest absolute Gasteiger partial charge is 0.306 e. The molecule has 22 heavy (non-hydrogen) atoms. The molecule has 4 nitrogen and oxygen atoms in total. The highest BCUT2D eigenvalue weighted by Gasteiger charge is 2.16. The Hall–Kier alpha value is -1.10. The van der Waals surface area contributed by atoms with E-state index < -0.39 is 0 Å². The van der Waals surface area contributed by atoms with Crippen molar-refractivity contribution in [3.63, 3.8) is 0 Å². The predicted molar refractivity (Wildman–Crippen MR) is 87.0 cm³/mol. The van der Waals surface area contributed by atoms with Gasteiger partial charge in [-0.3, -0.25) is 4.79 Å². The van der Waals surface area contributed by atoms with Gasteiger partial charge in [-0.25, -0.2) is 0 Å². The molecule has 0 aliphatic rings. The van der Waals surface area contributed by atoms with Gasteiger partial charge in [-0.15, -0.1) is 0 Å². The zero-order valence-electron chi connectivity index (χ0n) is 13.6. The number of hydrogen-bond acceptors (Lipinski definition) is 4. The molecule has 0 aliphatic carbocycles. The number of carbonyl (C=O) groups is 1. The summed E-state index contributed by atoms with van der Waals surface area (Å²) in [7, 11) is 0. The molecular weight excluding hydrogens is 304 g/mol. The van der Waals surface area contributed by atoms with Crippen molar-refractivity contribution in [1.29, 1.82) is 0 Å². The monoisotopic (exact) mass is 328 g/mol. The standard InChI is InChI=1S/C17H25ClO4/c1-4-16(22-12-20-5-2)15-11-14(18)9-7-13(15)8-10-17(19)21-6-3/h7,9,11,16H,4-6,8,10,12H2,1-3H3/t16-/m1/s1. The lowest BCUT2D eigenvalue weighted by Gasteiger charge is -2.20. The number of rotatable bonds is 10. The molecule has 0 aliphatic heterocycles. The van der Waals surface area contributed by atoms with Crippen molar-refractivity contribution < 1.29 is 19.0 Å². The molecule has 0 fully saturated rings. The number of hydrogen-bond donors (Lipinski definition) is 0. The van der Waals surface area contributed by atoms with Crippen LogP contribution in [0, 0.1) is 0 Å². The Morgan fingerprint density at radius 1 is 1.23 bits per heavy atom. The van der Waals surface area contributed by atoms with Crippen molar-refractivity contribution in [3.05, 3.63) is 34.3 Å². The molecule has 0 radical (unpaired) electrons. The van der Waals surface area contributed by atoms with Crippen LogP contribution in [-0.2, 0) is 25.4 Å². The van der Waals surface area contributed by atoms with Gasteiger partial charge in [-0.2, -0.15) is 0 Å². The Kier molecular flexibility index (Phi) is 9.13. The molecule has 0 N–H and O–H groups in total. The first-order chi connectivity index (χ1) is 10.6. The van der Waals surface area contributed by atoms with Crippen LogP contribution in [-0.4, -0.2) is 26.0 Å². The van der Waals surface area contributed by atoms with E-state index >= 15 is 0 Å². The third-order valence-electron chi connectivity index (χ3n) is 3.29. The molecule has 1 aromatic rings. The van der Waals surface area contributed by atoms with E-state index in [4.69, 9.17) is 25.8 Å². The van der Waals surface area contributed by atoms with Gasteiger partial charge < -0.3 is 14.2 Å². The van der Waals surface area contributed by atoms with E-state index in [-0.39, 0.29) is 18.9 Å². The minimum absolute atomic E-state index is 0.0950. The molecule has 1 aromatic carbocycles. The SMILES string of the molecule is CCOCO[C@H](CC)c1cc(Cl)ccc1CCC(=O)OCC. The topological polar surface area (TPSA) is 44.8 Å². The van der Waals surface area contributed by atoms with E-state index in [1.54, 1.807) is 6.92 Å². The van der Waals surface area contributed by atoms with Crippen molar-refractivity contribution >= 4 is 17.6 Å². The summed E-state index contributed by atoms with van der Waals surface area (Å²) in [4.78, 5) is 11.5. The Morgan fingerprint density at radius 3 is 2.64 bits per heavy atom. The first kappa shape index (κ1) is 18.9. The zero-order chi connectivity index (χ0) is 16.4. The highest BCUT2D eigenvalue weighted by molar-refractivity contribution is 6.30. The maximum atomic E-state index is 11.5. The van der Waals surface area contributed by atoms with E-state index in [0.717, 1.165) is 17.5 Å². The summed E-state index contributed by atoms with van der Waals surface area (Å²) in [6, 6.07) is 5.69. The van der Waals surface area contributed by atoms with E-state index in [1.165, 1.54) is 0 Å². The lowest BCUT2D eigenvalue weighted by molar-refractivity contribution is -0.143. The van der Waals surface area contributed by atoms with E-state index in [1.807, 2.05) is 32.0 Å². The van der Waals surface area contributed by atoms with Gasteiger partial charge in [0.2, 0.25) is 0 Å². The second-order valence-electron chi connectivity index (χ2n) is 4.82. The van der Waals surface area contributed by atoms with Crippen LogP contribution in [0.5, 0.6) is 0 Å². The summed E-state index contributed by atoms with van der Waals surface area (Å²) in [6.07, 6.45) is 1.67. The van der Waals surface area contributed by atoms with Crippen LogP contribution in [0.25, 0.3) is 0 Å². The number of ether oxygens (including phenoxy) is 3. The maximum absolute atomic E-state index is 11.5. The summed E-state index contributed by atoms with van der Waals surface area (Å²) >= 11 is 6.11. The molecule has 0 saturated heterocycles. The molecule has 0 saturated carbocycles. The van der Waals surface area contributed by atoms with Crippen LogP contribution in [0.2, 0.25) is 5.02 Å². The Morgan fingerprint density at radius 2 is 2.00 bits per heavy atom. The van der Waals surface area contributed by atoms with Gasteiger partial charge in [0.25, 0.3) is 0 Å². The lowest BCUT2D eigenvalue weighted by atomic mass is 9.97. The van der Waals surface area contributed by atoms with Crippen LogP contribution in [0.15, 0.2) is 18.2 Å². The summed E-state index contributed by atoms with van der Waals surface area (Å²) in [5.41, 5.74) is 2.07. The molecule has 0 aromatic heterocycles. The van der Waals surface area contributed by atoms with Crippen LogP contribution in [0.1, 0.15) is 50.8 Å². The second kappa shape index (κ2) is 10.6. The van der Waals surface area contributed by atoms with Gasteiger partial charge in [0, 0.05) is 18.1 Å². The zero-order valence-corrected chi connectivity index (χ0v) is 14.3. The van der Waals surface area contributed by atoms with Crippen LogP contribution >= 0.6 is 11.6 Å². The first-order valence-electron chi connectivity index (χ1n) is 7.75. The quantitative estimate of drug-likeness (QED) is 0.365. The minimum atomic E-state index is -0.188. The molecule has 1 rings (SSSR count). The molecule has 124 valence electrons. The molecule has 0 spiro atoms. The Labute approximate surface area is 137 Å². The summed E-state index contributed by atoms with van der Waals surface area (Å²) < 4.78 is 16.0. The number of halogens is 1. The summed E-state index contributed by atoms with van der Waals surface area (Å²) in [6.45, 7) is 7.04. The molecule has 1 atom stereocenters. The summed E-state index contributed by atoms with van der Waals surface area (Å²) in [5.74, 6) is -0.188. The summed E-state index contributed by atoms with van der Waals surface area (Å²) in [5, 5.41) is 0.661. The van der Waals surface area contributed by atoms with Gasteiger partial charge in [0.15, 0.2) is 0 Å². The fraction of sp³-hybridized carbons (Fsp3) is 0.588. The minimum Gasteiger partial charge on any atom is -0.466 e. The normalized spacial score (nSPS) is 12.2. The van der Waals surface area contributed by atoms with Gasteiger partial charge in [-0.1, -0.05) is 24.6 Å². The maximum Gasteiger partial charge on any atom is 0.306 e. The van der Waals surface area contributed by atoms with Gasteiger partial charge >= 0.3 is 5.97 Å². The molecule has 0 bridgehead atoms. The van der Waals surface area contributed by atoms with E-state index in [0.29, 0.717) is 31.1 Å². The van der Waals surface area contributed by atoms with Gasteiger partial charge in [0.05, 0.1) is 12.7 Å². The second-order valence-corrected chi connectivity index (χ2v) is 5.26. The van der Waals surface area contributed by atoms with Gasteiger partial charge in [-0.05, 0) is 49.9 Å². The third-order valence-corrected chi connectivity index (χ3v) is 3.52. The molecule has 0 unspecified atom stereocenters. The van der Waals surface area contributed by atoms with Crippen LogP contribution < -0.4 is 0 Å².